The van der Waals surface area contributed by atoms with Crippen molar-refractivity contribution >= 4 is 11.8 Å². The fraction of sp³-hybridized carbons (Fsp3) is 0.556. The van der Waals surface area contributed by atoms with Gasteiger partial charge in [0.1, 0.15) is 11.4 Å². The molecule has 0 atom stereocenters. The van der Waals surface area contributed by atoms with Crippen molar-refractivity contribution in [3.63, 3.8) is 0 Å². The van der Waals surface area contributed by atoms with Crippen LogP contribution < -0.4 is 5.32 Å². The van der Waals surface area contributed by atoms with Crippen molar-refractivity contribution < 1.29 is 9.90 Å². The number of carboxylic acid groups (broad SMARTS) is 1. The van der Waals surface area contributed by atoms with Crippen LogP contribution in [0.25, 0.3) is 0 Å². The minimum absolute atomic E-state index is 0.265. The van der Waals surface area contributed by atoms with Gasteiger partial charge in [-0.15, -0.1) is 0 Å². The second-order valence-corrected chi connectivity index (χ2v) is 3.16. The van der Waals surface area contributed by atoms with Gasteiger partial charge in [-0.25, -0.2) is 4.79 Å². The molecule has 78 valence electrons. The zero-order valence-electron chi connectivity index (χ0n) is 8.66. The molecule has 0 radical (unpaired) electrons. The molecule has 0 aliphatic carbocycles. The standard InChI is InChI=1S/C9H15N3O2/c1-4-5-10-8-7(9(13)14)6(2)11-12(8)3/h10H,4-5H2,1-3H3,(H,13,14). The number of aromatic nitrogens is 2. The molecular weight excluding hydrogens is 182 g/mol. The first kappa shape index (κ1) is 10.6. The first-order valence-electron chi connectivity index (χ1n) is 4.58. The minimum Gasteiger partial charge on any atom is -0.477 e. The monoisotopic (exact) mass is 197 g/mol. The molecule has 0 unspecified atom stereocenters. The van der Waals surface area contributed by atoms with E-state index in [1.165, 1.54) is 0 Å². The normalized spacial score (nSPS) is 10.2. The van der Waals surface area contributed by atoms with Crippen molar-refractivity contribution in [1.29, 1.82) is 0 Å². The van der Waals surface area contributed by atoms with Gasteiger partial charge in [0.15, 0.2) is 0 Å². The molecule has 0 saturated carbocycles. The minimum atomic E-state index is -0.936. The first-order valence-corrected chi connectivity index (χ1v) is 4.58. The third-order valence-corrected chi connectivity index (χ3v) is 1.98. The van der Waals surface area contributed by atoms with Crippen LogP contribution >= 0.6 is 0 Å². The Morgan fingerprint density at radius 3 is 2.79 bits per heavy atom. The number of rotatable bonds is 4. The molecule has 0 aliphatic rings. The molecule has 0 saturated heterocycles. The SMILES string of the molecule is CCCNc1c(C(=O)O)c(C)nn1C. The maximum atomic E-state index is 10.9. The smallest absolute Gasteiger partial charge is 0.341 e. The van der Waals surface area contributed by atoms with Crippen molar-refractivity contribution in [1.82, 2.24) is 9.78 Å². The summed E-state index contributed by atoms with van der Waals surface area (Å²) in [6, 6.07) is 0. The summed E-state index contributed by atoms with van der Waals surface area (Å²) in [6.45, 7) is 4.47. The number of aryl methyl sites for hydroxylation is 2. The van der Waals surface area contributed by atoms with Crippen molar-refractivity contribution in [3.8, 4) is 0 Å². The Hall–Kier alpha value is -1.52. The molecule has 1 rings (SSSR count). The van der Waals surface area contributed by atoms with E-state index in [-0.39, 0.29) is 5.56 Å². The second kappa shape index (κ2) is 4.13. The number of carbonyl (C=O) groups is 1. The van der Waals surface area contributed by atoms with Gasteiger partial charge in [-0.3, -0.25) is 4.68 Å². The molecule has 2 N–H and O–H groups in total. The zero-order valence-corrected chi connectivity index (χ0v) is 8.66. The molecule has 0 bridgehead atoms. The molecule has 14 heavy (non-hydrogen) atoms. The summed E-state index contributed by atoms with van der Waals surface area (Å²) in [5.41, 5.74) is 0.805. The molecule has 1 heterocycles. The molecule has 5 heteroatoms. The van der Waals surface area contributed by atoms with Gasteiger partial charge in [-0.2, -0.15) is 5.10 Å². The van der Waals surface area contributed by atoms with Crippen molar-refractivity contribution in [2.45, 2.75) is 20.3 Å². The van der Waals surface area contributed by atoms with E-state index in [1.54, 1.807) is 18.7 Å². The molecular formula is C9H15N3O2. The van der Waals surface area contributed by atoms with Gasteiger partial charge in [-0.1, -0.05) is 6.92 Å². The van der Waals surface area contributed by atoms with Crippen LogP contribution in [0, 0.1) is 6.92 Å². The molecule has 0 fully saturated rings. The fourth-order valence-electron chi connectivity index (χ4n) is 1.36. The van der Waals surface area contributed by atoms with Gasteiger partial charge < -0.3 is 10.4 Å². The highest BCUT2D eigenvalue weighted by atomic mass is 16.4. The lowest BCUT2D eigenvalue weighted by Crippen LogP contribution is -2.09. The number of hydrogen-bond acceptors (Lipinski definition) is 3. The van der Waals surface area contributed by atoms with Gasteiger partial charge in [-0.05, 0) is 13.3 Å². The molecule has 5 nitrogen and oxygen atoms in total. The van der Waals surface area contributed by atoms with E-state index in [9.17, 15) is 4.79 Å². The lowest BCUT2D eigenvalue weighted by Gasteiger charge is -2.05. The summed E-state index contributed by atoms with van der Waals surface area (Å²) in [4.78, 5) is 10.9. The lowest BCUT2D eigenvalue weighted by molar-refractivity contribution is 0.0697. The van der Waals surface area contributed by atoms with Crippen LogP contribution in [0.5, 0.6) is 0 Å². The number of nitrogens with one attached hydrogen (secondary N) is 1. The highest BCUT2D eigenvalue weighted by molar-refractivity contribution is 5.94. The van der Waals surface area contributed by atoms with E-state index < -0.39 is 5.97 Å². The van der Waals surface area contributed by atoms with E-state index in [0.717, 1.165) is 13.0 Å². The van der Waals surface area contributed by atoms with Crippen LogP contribution in [0.2, 0.25) is 0 Å². The van der Waals surface area contributed by atoms with Crippen LogP contribution in [-0.2, 0) is 7.05 Å². The Morgan fingerprint density at radius 2 is 2.29 bits per heavy atom. The number of aromatic carboxylic acids is 1. The average Bonchev–Trinajstić information content (AvgIpc) is 2.37. The Morgan fingerprint density at radius 1 is 1.64 bits per heavy atom. The van der Waals surface area contributed by atoms with Gasteiger partial charge >= 0.3 is 5.97 Å². The third-order valence-electron chi connectivity index (χ3n) is 1.98. The molecule has 0 spiro atoms. The molecule has 1 aromatic rings. The molecule has 1 aromatic heterocycles. The van der Waals surface area contributed by atoms with E-state index in [4.69, 9.17) is 5.11 Å². The third kappa shape index (κ3) is 1.86. The van der Waals surface area contributed by atoms with Crippen molar-refractivity contribution in [2.75, 3.05) is 11.9 Å². The summed E-state index contributed by atoms with van der Waals surface area (Å²) >= 11 is 0. The van der Waals surface area contributed by atoms with Gasteiger partial charge in [0.05, 0.1) is 5.69 Å². The number of carboxylic acids is 1. The number of hydrogen-bond donors (Lipinski definition) is 2. The van der Waals surface area contributed by atoms with Crippen LogP contribution in [-0.4, -0.2) is 27.4 Å². The van der Waals surface area contributed by atoms with Crippen LogP contribution in [0.1, 0.15) is 29.4 Å². The van der Waals surface area contributed by atoms with E-state index in [2.05, 4.69) is 10.4 Å². The molecule has 0 aromatic carbocycles. The quantitative estimate of drug-likeness (QED) is 0.762. The average molecular weight is 197 g/mol. The number of nitrogens with zero attached hydrogens (tertiary/aromatic N) is 2. The Kier molecular flexibility index (Phi) is 3.11. The van der Waals surface area contributed by atoms with E-state index >= 15 is 0 Å². The maximum Gasteiger partial charge on any atom is 0.341 e. The highest BCUT2D eigenvalue weighted by Gasteiger charge is 2.18. The van der Waals surface area contributed by atoms with Gasteiger partial charge in [0.25, 0.3) is 0 Å². The second-order valence-electron chi connectivity index (χ2n) is 3.16. The van der Waals surface area contributed by atoms with Crippen LogP contribution in [0.4, 0.5) is 5.82 Å². The summed E-state index contributed by atoms with van der Waals surface area (Å²) in [6.07, 6.45) is 0.948. The van der Waals surface area contributed by atoms with E-state index in [0.29, 0.717) is 11.5 Å². The van der Waals surface area contributed by atoms with Gasteiger partial charge in [0, 0.05) is 13.6 Å². The summed E-state index contributed by atoms with van der Waals surface area (Å²) in [5, 5.41) is 16.1. The lowest BCUT2D eigenvalue weighted by atomic mass is 10.2. The molecule has 0 amide bonds. The fourth-order valence-corrected chi connectivity index (χ4v) is 1.36. The van der Waals surface area contributed by atoms with Crippen LogP contribution in [0.15, 0.2) is 0 Å². The van der Waals surface area contributed by atoms with Crippen LogP contribution in [0.3, 0.4) is 0 Å². The summed E-state index contributed by atoms with van der Waals surface area (Å²) in [5.74, 6) is -0.356. The number of anilines is 1. The highest BCUT2D eigenvalue weighted by Crippen LogP contribution is 2.18. The van der Waals surface area contributed by atoms with Crippen molar-refractivity contribution in [2.24, 2.45) is 7.05 Å². The van der Waals surface area contributed by atoms with Gasteiger partial charge in [0.2, 0.25) is 0 Å². The topological polar surface area (TPSA) is 67.2 Å². The predicted molar refractivity (Wildman–Crippen MR) is 53.7 cm³/mol. The zero-order chi connectivity index (χ0) is 10.7. The summed E-state index contributed by atoms with van der Waals surface area (Å²) < 4.78 is 1.56. The maximum absolute atomic E-state index is 10.9. The summed E-state index contributed by atoms with van der Waals surface area (Å²) in [7, 11) is 1.73. The van der Waals surface area contributed by atoms with E-state index in [1.807, 2.05) is 6.92 Å². The Labute approximate surface area is 82.7 Å². The first-order chi connectivity index (χ1) is 6.57. The Balaban J connectivity index is 3.05. The molecule has 0 aliphatic heterocycles. The Bertz CT molecular complexity index is 344. The van der Waals surface area contributed by atoms with Crippen molar-refractivity contribution in [3.05, 3.63) is 11.3 Å². The largest absolute Gasteiger partial charge is 0.477 e. The predicted octanol–water partition coefficient (Wildman–Crippen LogP) is 1.25.